The summed E-state index contributed by atoms with van der Waals surface area (Å²) < 4.78 is 0. The quantitative estimate of drug-likeness (QED) is 0.429. The third-order valence-electron chi connectivity index (χ3n) is 2.58. The smallest absolute Gasteiger partial charge is 0.177 e. The number of rotatable bonds is 2. The molecule has 2 aliphatic rings. The zero-order chi connectivity index (χ0) is 12.3. The maximum atomic E-state index is 10.9. The van der Waals surface area contributed by atoms with Crippen molar-refractivity contribution < 1.29 is 4.79 Å². The van der Waals surface area contributed by atoms with Crippen molar-refractivity contribution in [3.8, 4) is 0 Å². The molecule has 0 aliphatic heterocycles. The number of anilines is 1. The van der Waals surface area contributed by atoms with Gasteiger partial charge in [-0.05, 0) is 11.3 Å². The van der Waals surface area contributed by atoms with Crippen LogP contribution in [-0.4, -0.2) is 11.7 Å². The van der Waals surface area contributed by atoms with E-state index in [2.05, 4.69) is 6.07 Å². The number of hydrogen-bond donors (Lipinski definition) is 1. The lowest BCUT2D eigenvalue weighted by molar-refractivity contribution is 0.102. The van der Waals surface area contributed by atoms with Gasteiger partial charge in [-0.25, -0.2) is 0 Å². The van der Waals surface area contributed by atoms with Gasteiger partial charge in [0.1, 0.15) is 0 Å². The second-order valence-corrected chi connectivity index (χ2v) is 3.99. The molecule has 0 bridgehead atoms. The highest BCUT2D eigenvalue weighted by Crippen LogP contribution is 2.16. The summed E-state index contributed by atoms with van der Waals surface area (Å²) in [4.78, 5) is 10.9. The molecule has 1 aromatic rings. The summed E-state index contributed by atoms with van der Waals surface area (Å²) >= 11 is 5.34. The van der Waals surface area contributed by atoms with Crippen LogP contribution in [0.25, 0.3) is 0 Å². The van der Waals surface area contributed by atoms with Gasteiger partial charge in [0.05, 0.1) is 5.88 Å². The van der Waals surface area contributed by atoms with E-state index in [1.165, 1.54) is 10.4 Å². The summed E-state index contributed by atoms with van der Waals surface area (Å²) in [6, 6.07) is 15.1. The molecule has 2 nitrogen and oxygen atoms in total. The average Bonchev–Trinajstić information content (AvgIpc) is 2.36. The maximum Gasteiger partial charge on any atom is 0.177 e. The van der Waals surface area contributed by atoms with E-state index in [4.69, 9.17) is 17.3 Å². The largest absolute Gasteiger partial charge is 0.398 e. The Morgan fingerprint density at radius 2 is 1.82 bits per heavy atom. The first-order valence-electron chi connectivity index (χ1n) is 5.26. The Balaban J connectivity index is 0.000000134. The minimum absolute atomic E-state index is 0.0257. The SMILES string of the molecule is Nc1cc2ccc1=2.O=C(CCl)c1ccccc1. The number of halogens is 1. The van der Waals surface area contributed by atoms with E-state index >= 15 is 0 Å². The van der Waals surface area contributed by atoms with Crippen LogP contribution in [0.15, 0.2) is 48.5 Å². The lowest BCUT2D eigenvalue weighted by atomic mass is 10.1. The average molecular weight is 246 g/mol. The third kappa shape index (κ3) is 2.48. The Kier molecular flexibility index (Phi) is 3.45. The van der Waals surface area contributed by atoms with Gasteiger partial charge in [0.15, 0.2) is 5.78 Å². The van der Waals surface area contributed by atoms with Crippen LogP contribution in [0.5, 0.6) is 0 Å². The van der Waals surface area contributed by atoms with Crippen molar-refractivity contribution in [3.05, 3.63) is 64.5 Å². The van der Waals surface area contributed by atoms with Gasteiger partial charge in [0.2, 0.25) is 0 Å². The molecule has 0 heterocycles. The van der Waals surface area contributed by atoms with Gasteiger partial charge in [-0.1, -0.05) is 42.5 Å². The molecule has 0 spiro atoms. The van der Waals surface area contributed by atoms with Crippen LogP contribution in [0.1, 0.15) is 10.4 Å². The van der Waals surface area contributed by atoms with Crippen molar-refractivity contribution in [1.29, 1.82) is 0 Å². The summed E-state index contributed by atoms with van der Waals surface area (Å²) in [6.45, 7) is 0. The van der Waals surface area contributed by atoms with Crippen LogP contribution in [0.4, 0.5) is 5.69 Å². The molecule has 0 amide bonds. The van der Waals surface area contributed by atoms with E-state index in [-0.39, 0.29) is 11.7 Å². The van der Waals surface area contributed by atoms with Crippen LogP contribution < -0.4 is 5.73 Å². The predicted molar refractivity (Wildman–Crippen MR) is 70.0 cm³/mol. The number of Topliss-reactive ketones (excluding diaryl/α,β-unsaturated/α-hetero) is 1. The Morgan fingerprint density at radius 3 is 2.12 bits per heavy atom. The lowest BCUT2D eigenvalue weighted by Gasteiger charge is -2.03. The molecule has 0 fully saturated rings. The number of hydrogen-bond acceptors (Lipinski definition) is 2. The van der Waals surface area contributed by atoms with Gasteiger partial charge in [0.25, 0.3) is 0 Å². The molecule has 17 heavy (non-hydrogen) atoms. The van der Waals surface area contributed by atoms with E-state index in [9.17, 15) is 4.79 Å². The first kappa shape index (κ1) is 11.7. The van der Waals surface area contributed by atoms with Crippen LogP contribution in [0.2, 0.25) is 0 Å². The summed E-state index contributed by atoms with van der Waals surface area (Å²) in [6.07, 6.45) is 0. The topological polar surface area (TPSA) is 43.1 Å². The first-order valence-corrected chi connectivity index (χ1v) is 5.80. The fourth-order valence-electron chi connectivity index (χ4n) is 1.52. The highest BCUT2D eigenvalue weighted by molar-refractivity contribution is 6.30. The van der Waals surface area contributed by atoms with E-state index in [1.807, 2.05) is 30.3 Å². The second kappa shape index (κ2) is 5.02. The Hall–Kier alpha value is -1.80. The van der Waals surface area contributed by atoms with Crippen LogP contribution in [0, 0.1) is 10.4 Å². The molecule has 3 heteroatoms. The van der Waals surface area contributed by atoms with Gasteiger partial charge < -0.3 is 5.73 Å². The molecule has 0 saturated carbocycles. The van der Waals surface area contributed by atoms with Crippen molar-refractivity contribution in [3.63, 3.8) is 0 Å². The molecular formula is C14H12ClNO. The van der Waals surface area contributed by atoms with Crippen molar-refractivity contribution in [2.75, 3.05) is 11.6 Å². The molecule has 0 unspecified atom stereocenters. The third-order valence-corrected chi connectivity index (χ3v) is 2.82. The van der Waals surface area contributed by atoms with Crippen molar-refractivity contribution in [2.24, 2.45) is 0 Å². The van der Waals surface area contributed by atoms with E-state index in [0.717, 1.165) is 5.69 Å². The molecule has 2 aliphatic carbocycles. The highest BCUT2D eigenvalue weighted by atomic mass is 35.5. The summed E-state index contributed by atoms with van der Waals surface area (Å²) in [7, 11) is 0. The minimum atomic E-state index is -0.0257. The molecule has 1 aromatic carbocycles. The zero-order valence-corrected chi connectivity index (χ0v) is 9.95. The van der Waals surface area contributed by atoms with Crippen molar-refractivity contribution >= 4 is 23.1 Å². The number of carbonyl (C=O) groups excluding carboxylic acids is 1. The highest BCUT2D eigenvalue weighted by Gasteiger charge is 2.00. The fourth-order valence-corrected chi connectivity index (χ4v) is 1.67. The van der Waals surface area contributed by atoms with Gasteiger partial charge in [0, 0.05) is 16.5 Å². The van der Waals surface area contributed by atoms with Gasteiger partial charge in [-0.3, -0.25) is 4.79 Å². The number of nitrogens with two attached hydrogens (primary N) is 1. The minimum Gasteiger partial charge on any atom is -0.398 e. The molecular weight excluding hydrogens is 234 g/mol. The first-order chi connectivity index (χ1) is 8.22. The molecule has 3 rings (SSSR count). The normalized spacial score (nSPS) is 10.2. The van der Waals surface area contributed by atoms with E-state index in [0.29, 0.717) is 5.56 Å². The van der Waals surface area contributed by atoms with Crippen LogP contribution in [-0.2, 0) is 0 Å². The molecule has 0 saturated heterocycles. The Morgan fingerprint density at radius 1 is 1.12 bits per heavy atom. The van der Waals surface area contributed by atoms with Crippen LogP contribution >= 0.6 is 11.6 Å². The number of carbonyl (C=O) groups is 1. The van der Waals surface area contributed by atoms with E-state index < -0.39 is 0 Å². The predicted octanol–water partition coefficient (Wildman–Crippen LogP) is 2.98. The van der Waals surface area contributed by atoms with Crippen LogP contribution in [0.3, 0.4) is 0 Å². The Labute approximate surface area is 104 Å². The van der Waals surface area contributed by atoms with Gasteiger partial charge in [-0.2, -0.15) is 0 Å². The van der Waals surface area contributed by atoms with Gasteiger partial charge in [-0.15, -0.1) is 11.6 Å². The van der Waals surface area contributed by atoms with E-state index in [1.54, 1.807) is 12.1 Å². The number of benzene rings is 2. The summed E-state index contributed by atoms with van der Waals surface area (Å²) in [5, 5.41) is 2.57. The summed E-state index contributed by atoms with van der Waals surface area (Å²) in [5.74, 6) is 0.0339. The fraction of sp³-hybridized carbons (Fsp3) is 0.0714. The Bertz CT molecular complexity index is 622. The summed E-state index contributed by atoms with van der Waals surface area (Å²) in [5.41, 5.74) is 7.04. The number of ketones is 1. The lowest BCUT2D eigenvalue weighted by Crippen LogP contribution is -1.98. The van der Waals surface area contributed by atoms with Crippen molar-refractivity contribution in [1.82, 2.24) is 0 Å². The van der Waals surface area contributed by atoms with Crippen molar-refractivity contribution in [2.45, 2.75) is 0 Å². The molecule has 0 aromatic heterocycles. The monoisotopic (exact) mass is 245 g/mol. The molecule has 86 valence electrons. The molecule has 0 atom stereocenters. The molecule has 0 radical (unpaired) electrons. The molecule has 2 N–H and O–H groups in total. The number of alkyl halides is 1. The zero-order valence-electron chi connectivity index (χ0n) is 9.19. The van der Waals surface area contributed by atoms with Gasteiger partial charge >= 0.3 is 0 Å². The second-order valence-electron chi connectivity index (χ2n) is 3.72. The standard InChI is InChI=1S/C8H7ClO.C6H5N/c9-6-8(10)7-4-2-1-3-5-7;7-6-3-4-1-2-5(4)6/h1-5H,6H2;1-3H,7H2. The maximum absolute atomic E-state index is 10.9. The number of nitrogen functional groups attached to an aromatic ring is 1.